The van der Waals surface area contributed by atoms with Crippen molar-refractivity contribution < 1.29 is 89.4 Å². The van der Waals surface area contributed by atoms with Crippen molar-refractivity contribution in [3.8, 4) is 0 Å². The second kappa shape index (κ2) is 52.5. The summed E-state index contributed by atoms with van der Waals surface area (Å²) in [6, 6.07) is -0.933. The van der Waals surface area contributed by atoms with Gasteiger partial charge in [0.1, 0.15) is 73.2 Å². The number of aliphatic hydroxyl groups excluding tert-OH is 11. The van der Waals surface area contributed by atoms with Crippen molar-refractivity contribution in [1.29, 1.82) is 0 Å². The smallest absolute Gasteiger partial charge is 0.220 e. The third kappa shape index (κ3) is 34.1. The lowest BCUT2D eigenvalue weighted by molar-refractivity contribution is -0.379. The van der Waals surface area contributed by atoms with E-state index in [0.717, 1.165) is 51.4 Å². The molecule has 19 heteroatoms. The number of rotatable bonds is 53. The highest BCUT2D eigenvalue weighted by atomic mass is 16.8. The molecule has 522 valence electrons. The maximum absolute atomic E-state index is 13.4. The van der Waals surface area contributed by atoms with Crippen LogP contribution < -0.4 is 5.32 Å². The van der Waals surface area contributed by atoms with Gasteiger partial charge in [0.25, 0.3) is 0 Å². The van der Waals surface area contributed by atoms with Crippen LogP contribution in [0.4, 0.5) is 0 Å². The van der Waals surface area contributed by atoms with Crippen LogP contribution in [0.3, 0.4) is 0 Å². The molecule has 3 saturated heterocycles. The Morgan fingerprint density at radius 2 is 0.744 bits per heavy atom. The number of hydrogen-bond acceptors (Lipinski definition) is 18. The zero-order valence-corrected chi connectivity index (χ0v) is 55.1. The van der Waals surface area contributed by atoms with Crippen LogP contribution in [0.15, 0.2) is 72.9 Å². The maximum Gasteiger partial charge on any atom is 0.220 e. The fourth-order valence-electron chi connectivity index (χ4n) is 11.6. The molecule has 3 aliphatic rings. The van der Waals surface area contributed by atoms with E-state index < -0.39 is 124 Å². The molecule has 3 rings (SSSR count). The zero-order valence-electron chi connectivity index (χ0n) is 55.1. The van der Waals surface area contributed by atoms with Crippen molar-refractivity contribution in [3.05, 3.63) is 72.9 Å². The first-order valence-corrected chi connectivity index (χ1v) is 35.2. The lowest BCUT2D eigenvalue weighted by Crippen LogP contribution is -2.66. The molecule has 0 spiro atoms. The van der Waals surface area contributed by atoms with Crippen molar-refractivity contribution in [1.82, 2.24) is 5.32 Å². The highest BCUT2D eigenvalue weighted by Gasteiger charge is 2.53. The minimum atomic E-state index is -1.98. The van der Waals surface area contributed by atoms with Gasteiger partial charge in [-0.3, -0.25) is 4.79 Å². The van der Waals surface area contributed by atoms with Gasteiger partial charge in [-0.05, 0) is 51.4 Å². The van der Waals surface area contributed by atoms with Crippen molar-refractivity contribution in [2.45, 2.75) is 343 Å². The highest BCUT2D eigenvalue weighted by molar-refractivity contribution is 5.76. The van der Waals surface area contributed by atoms with Crippen LogP contribution in [0, 0.1) is 0 Å². The minimum Gasteiger partial charge on any atom is -0.394 e. The largest absolute Gasteiger partial charge is 0.394 e. The summed E-state index contributed by atoms with van der Waals surface area (Å²) in [6.07, 6.45) is 38.6. The molecule has 3 fully saturated rings. The average molecular weight is 1280 g/mol. The Balaban J connectivity index is 1.44. The first-order valence-electron chi connectivity index (χ1n) is 35.2. The molecule has 0 aromatic rings. The van der Waals surface area contributed by atoms with Gasteiger partial charge in [0, 0.05) is 6.42 Å². The molecule has 3 heterocycles. The van der Waals surface area contributed by atoms with Crippen LogP contribution >= 0.6 is 0 Å². The zero-order chi connectivity index (χ0) is 65.4. The van der Waals surface area contributed by atoms with Gasteiger partial charge in [-0.1, -0.05) is 254 Å². The third-order valence-electron chi connectivity index (χ3n) is 17.3. The van der Waals surface area contributed by atoms with E-state index >= 15 is 0 Å². The third-order valence-corrected chi connectivity index (χ3v) is 17.3. The number of unbranched alkanes of at least 4 members (excludes halogenated alkanes) is 25. The molecule has 17 unspecified atom stereocenters. The first-order chi connectivity index (χ1) is 43.8. The monoisotopic (exact) mass is 1280 g/mol. The number of carbonyl (C=O) groups is 1. The number of aliphatic hydroxyl groups is 11. The summed E-state index contributed by atoms with van der Waals surface area (Å²) in [5.74, 6) is -0.325. The summed E-state index contributed by atoms with van der Waals surface area (Å²) < 4.78 is 34.4. The van der Waals surface area contributed by atoms with Gasteiger partial charge in [0.2, 0.25) is 5.91 Å². The molecular formula is C71H125NO18. The Kier molecular flexibility index (Phi) is 47.5. The minimum absolute atomic E-state index is 0.138. The number of nitrogens with one attached hydrogen (secondary N) is 1. The summed E-state index contributed by atoms with van der Waals surface area (Å²) in [5, 5.41) is 121. The number of amides is 1. The fourth-order valence-corrected chi connectivity index (χ4v) is 11.6. The number of carbonyl (C=O) groups excluding carboxylic acids is 1. The van der Waals surface area contributed by atoms with Crippen molar-refractivity contribution in [2.24, 2.45) is 0 Å². The van der Waals surface area contributed by atoms with Crippen molar-refractivity contribution >= 4 is 5.91 Å². The van der Waals surface area contributed by atoms with E-state index in [1.807, 2.05) is 12.2 Å². The Bertz CT molecular complexity index is 1920. The molecule has 0 radical (unpaired) electrons. The van der Waals surface area contributed by atoms with E-state index in [9.17, 15) is 61.0 Å². The van der Waals surface area contributed by atoms with E-state index in [1.54, 1.807) is 0 Å². The van der Waals surface area contributed by atoms with Gasteiger partial charge >= 0.3 is 0 Å². The summed E-state index contributed by atoms with van der Waals surface area (Å²) >= 11 is 0. The molecule has 90 heavy (non-hydrogen) atoms. The summed E-state index contributed by atoms with van der Waals surface area (Å²) in [4.78, 5) is 13.4. The molecule has 0 saturated carbocycles. The Morgan fingerprint density at radius 1 is 0.411 bits per heavy atom. The molecule has 19 nitrogen and oxygen atoms in total. The van der Waals surface area contributed by atoms with Crippen molar-refractivity contribution in [2.75, 3.05) is 26.4 Å². The van der Waals surface area contributed by atoms with E-state index in [0.29, 0.717) is 25.7 Å². The van der Waals surface area contributed by atoms with Crippen LogP contribution in [-0.4, -0.2) is 193 Å². The molecule has 0 aliphatic carbocycles. The van der Waals surface area contributed by atoms with E-state index in [2.05, 4.69) is 79.9 Å². The van der Waals surface area contributed by atoms with Crippen LogP contribution in [-0.2, 0) is 33.2 Å². The van der Waals surface area contributed by atoms with Crippen LogP contribution in [0.25, 0.3) is 0 Å². The van der Waals surface area contributed by atoms with Crippen LogP contribution in [0.1, 0.15) is 239 Å². The van der Waals surface area contributed by atoms with Gasteiger partial charge in [-0.15, -0.1) is 0 Å². The molecule has 0 bridgehead atoms. The Labute approximate surface area is 540 Å². The quantitative estimate of drug-likeness (QED) is 0.0199. The molecule has 17 atom stereocenters. The number of allylic oxidation sites excluding steroid dienone is 12. The predicted molar refractivity (Wildman–Crippen MR) is 351 cm³/mol. The fraction of sp³-hybridized carbons (Fsp3) is 0.817. The van der Waals surface area contributed by atoms with Gasteiger partial charge in [-0.25, -0.2) is 0 Å². The van der Waals surface area contributed by atoms with E-state index in [1.165, 1.54) is 141 Å². The lowest BCUT2D eigenvalue weighted by Gasteiger charge is -2.48. The number of ether oxygens (including phenoxy) is 6. The van der Waals surface area contributed by atoms with Crippen LogP contribution in [0.2, 0.25) is 0 Å². The van der Waals surface area contributed by atoms with Gasteiger partial charge in [0.15, 0.2) is 18.9 Å². The van der Waals surface area contributed by atoms with E-state index in [-0.39, 0.29) is 18.9 Å². The second-order valence-corrected chi connectivity index (χ2v) is 25.0. The average Bonchev–Trinajstić information content (AvgIpc) is 0.846. The second-order valence-electron chi connectivity index (χ2n) is 25.0. The molecule has 0 aromatic carbocycles. The topological polar surface area (TPSA) is 307 Å². The molecule has 3 aliphatic heterocycles. The maximum atomic E-state index is 13.4. The van der Waals surface area contributed by atoms with Gasteiger partial charge < -0.3 is 89.9 Å². The Morgan fingerprint density at radius 3 is 1.13 bits per heavy atom. The van der Waals surface area contributed by atoms with Crippen molar-refractivity contribution in [3.63, 3.8) is 0 Å². The molecular weight excluding hydrogens is 1150 g/mol. The Hall–Kier alpha value is -2.77. The highest BCUT2D eigenvalue weighted by Crippen LogP contribution is 2.33. The number of hydrogen-bond donors (Lipinski definition) is 12. The molecule has 1 amide bonds. The normalized spacial score (nSPS) is 28.5. The van der Waals surface area contributed by atoms with Gasteiger partial charge in [-0.2, -0.15) is 0 Å². The summed E-state index contributed by atoms with van der Waals surface area (Å²) in [5.41, 5.74) is 0. The SMILES string of the molecule is CC/C=C\C/C=C\C/C=C\C/C=C\C/C=C\C/C=C\CCC(=O)NC(COC1OC(CO)C(OC2OC(CO)C(OC3OC(CO)C(O)C(O)C3O)C(O)C2O)C(O)C1O)C(O)CCCCCCCCCCCCCCCCCCCCCCCCCCCC. The first kappa shape index (κ1) is 81.5. The summed E-state index contributed by atoms with van der Waals surface area (Å²) in [6.45, 7) is 1.64. The van der Waals surface area contributed by atoms with E-state index in [4.69, 9.17) is 28.4 Å². The van der Waals surface area contributed by atoms with Crippen LogP contribution in [0.5, 0.6) is 0 Å². The predicted octanol–water partition coefficient (Wildman–Crippen LogP) is 9.33. The molecule has 12 N–H and O–H groups in total. The lowest BCUT2D eigenvalue weighted by atomic mass is 9.96. The van der Waals surface area contributed by atoms with Gasteiger partial charge in [0.05, 0.1) is 38.6 Å². The molecule has 0 aromatic heterocycles. The summed E-state index contributed by atoms with van der Waals surface area (Å²) in [7, 11) is 0. The standard InChI is InChI=1S/C71H125NO18/c1-3-5-7-9-11-13-15-17-19-21-23-24-25-26-27-28-29-31-32-34-36-38-40-42-44-46-48-55(76)54(72-59(77)49-47-45-43-41-39-37-35-33-30-22-20-18-16-14-12-10-8-6-4-2)53-85-69-65(83)62(80)67(57(51-74)87-69)90-71-66(84)63(81)68(58(52-75)88-71)89-70-64(82)61(79)60(78)56(50-73)86-70/h6,8,12,14,18,20,30,33,37,39,43,45,54-58,60-71,73-76,78-84H,3-5,7,9-11,13,15-17,19,21-29,31-32,34-36,38,40-42,44,46-53H2,1-2H3,(H,72,77)/b8-6-,14-12-,20-18-,33-30-,39-37-,45-43-.